The van der Waals surface area contributed by atoms with Crippen LogP contribution in [-0.2, 0) is 5.54 Å². The van der Waals surface area contributed by atoms with E-state index >= 15 is 0 Å². The zero-order chi connectivity index (χ0) is 9.47. The minimum absolute atomic E-state index is 0.155. The fourth-order valence-electron chi connectivity index (χ4n) is 1.72. The van der Waals surface area contributed by atoms with Gasteiger partial charge in [-0.15, -0.1) is 0 Å². The predicted molar refractivity (Wildman–Crippen MR) is 58.9 cm³/mol. The summed E-state index contributed by atoms with van der Waals surface area (Å²) in [7, 11) is 0. The second-order valence-corrected chi connectivity index (χ2v) is 4.96. The number of halogens is 2. The largest absolute Gasteiger partial charge is 0.321 e. The van der Waals surface area contributed by atoms with Gasteiger partial charge in [0.05, 0.1) is 0 Å². The van der Waals surface area contributed by atoms with Gasteiger partial charge >= 0.3 is 0 Å². The minimum atomic E-state index is -0.155. The van der Waals surface area contributed by atoms with E-state index in [0.717, 1.165) is 27.9 Å². The Morgan fingerprint density at radius 3 is 2.54 bits per heavy atom. The van der Waals surface area contributed by atoms with Crippen LogP contribution >= 0.6 is 27.5 Å². The van der Waals surface area contributed by atoms with Crippen LogP contribution in [0.2, 0.25) is 5.02 Å². The first-order valence-corrected chi connectivity index (χ1v) is 5.53. The predicted octanol–water partition coefficient (Wildman–Crippen LogP) is 3.44. The quantitative estimate of drug-likeness (QED) is 0.822. The van der Waals surface area contributed by atoms with Gasteiger partial charge in [0.2, 0.25) is 0 Å². The number of benzene rings is 1. The molecule has 0 spiro atoms. The Morgan fingerprint density at radius 1 is 1.38 bits per heavy atom. The first kappa shape index (κ1) is 9.50. The van der Waals surface area contributed by atoms with Crippen LogP contribution in [0.1, 0.15) is 24.8 Å². The minimum Gasteiger partial charge on any atom is -0.321 e. The topological polar surface area (TPSA) is 26.0 Å². The van der Waals surface area contributed by atoms with Crippen LogP contribution in [0.5, 0.6) is 0 Å². The molecule has 1 nitrogen and oxygen atoms in total. The van der Waals surface area contributed by atoms with E-state index in [4.69, 9.17) is 17.3 Å². The first-order valence-electron chi connectivity index (χ1n) is 4.36. The van der Waals surface area contributed by atoms with E-state index in [0.29, 0.717) is 0 Å². The van der Waals surface area contributed by atoms with Gasteiger partial charge in [0.25, 0.3) is 0 Å². The second kappa shape index (κ2) is 3.26. The van der Waals surface area contributed by atoms with E-state index in [1.54, 1.807) is 0 Å². The summed E-state index contributed by atoms with van der Waals surface area (Å²) in [5.41, 5.74) is 7.11. The van der Waals surface area contributed by atoms with Crippen LogP contribution in [0.3, 0.4) is 0 Å². The smallest absolute Gasteiger partial charge is 0.0467 e. The molecule has 0 aromatic heterocycles. The standard InChI is InChI=1S/C10H11BrClN/c11-7-2-3-8(9(12)6-7)10(13)4-1-5-10/h2-3,6H,1,4-5,13H2. The Morgan fingerprint density at radius 2 is 2.08 bits per heavy atom. The molecule has 0 atom stereocenters. The van der Waals surface area contributed by atoms with Gasteiger partial charge in [0.15, 0.2) is 0 Å². The lowest BCUT2D eigenvalue weighted by molar-refractivity contribution is 0.254. The molecule has 1 aliphatic carbocycles. The van der Waals surface area contributed by atoms with Crippen molar-refractivity contribution < 1.29 is 0 Å². The Bertz CT molecular complexity index is 334. The fraction of sp³-hybridized carbons (Fsp3) is 0.400. The van der Waals surface area contributed by atoms with Gasteiger partial charge in [-0.05, 0) is 37.0 Å². The van der Waals surface area contributed by atoms with Crippen molar-refractivity contribution in [2.45, 2.75) is 24.8 Å². The van der Waals surface area contributed by atoms with Crippen LogP contribution in [-0.4, -0.2) is 0 Å². The van der Waals surface area contributed by atoms with Crippen molar-refractivity contribution in [3.8, 4) is 0 Å². The molecule has 0 aliphatic heterocycles. The average molecular weight is 261 g/mol. The lowest BCUT2D eigenvalue weighted by atomic mass is 9.73. The van der Waals surface area contributed by atoms with E-state index in [1.165, 1.54) is 6.42 Å². The normalized spacial score (nSPS) is 19.6. The van der Waals surface area contributed by atoms with Crippen molar-refractivity contribution in [2.75, 3.05) is 0 Å². The van der Waals surface area contributed by atoms with E-state index in [9.17, 15) is 0 Å². The number of hydrogen-bond acceptors (Lipinski definition) is 1. The third-order valence-electron chi connectivity index (χ3n) is 2.71. The molecule has 0 saturated heterocycles. The molecule has 1 aromatic rings. The summed E-state index contributed by atoms with van der Waals surface area (Å²) in [6.45, 7) is 0. The molecule has 2 N–H and O–H groups in total. The molecular formula is C10H11BrClN. The highest BCUT2D eigenvalue weighted by molar-refractivity contribution is 9.10. The molecule has 0 heterocycles. The Kier molecular flexibility index (Phi) is 2.39. The average Bonchev–Trinajstić information content (AvgIpc) is 2.00. The van der Waals surface area contributed by atoms with Gasteiger partial charge in [0, 0.05) is 15.0 Å². The summed E-state index contributed by atoms with van der Waals surface area (Å²) >= 11 is 9.49. The van der Waals surface area contributed by atoms with Crippen molar-refractivity contribution in [1.82, 2.24) is 0 Å². The Hall–Kier alpha value is -0.0500. The van der Waals surface area contributed by atoms with Gasteiger partial charge in [-0.3, -0.25) is 0 Å². The molecule has 0 unspecified atom stereocenters. The SMILES string of the molecule is NC1(c2ccc(Br)cc2Cl)CCC1. The third kappa shape index (κ3) is 1.63. The molecule has 0 amide bonds. The summed E-state index contributed by atoms with van der Waals surface area (Å²) in [6.07, 6.45) is 3.31. The summed E-state index contributed by atoms with van der Waals surface area (Å²) < 4.78 is 1.00. The van der Waals surface area contributed by atoms with Crippen molar-refractivity contribution in [3.63, 3.8) is 0 Å². The fourth-order valence-corrected chi connectivity index (χ4v) is 2.58. The molecule has 2 rings (SSSR count). The highest BCUT2D eigenvalue weighted by Gasteiger charge is 2.35. The van der Waals surface area contributed by atoms with Gasteiger partial charge in [-0.1, -0.05) is 33.6 Å². The van der Waals surface area contributed by atoms with Crippen LogP contribution in [0.4, 0.5) is 0 Å². The van der Waals surface area contributed by atoms with E-state index in [1.807, 2.05) is 18.2 Å². The molecule has 70 valence electrons. The van der Waals surface area contributed by atoms with Crippen molar-refractivity contribution in [1.29, 1.82) is 0 Å². The highest BCUT2D eigenvalue weighted by Crippen LogP contribution is 2.42. The van der Waals surface area contributed by atoms with Crippen LogP contribution in [0.25, 0.3) is 0 Å². The summed E-state index contributed by atoms with van der Waals surface area (Å²) in [5, 5.41) is 0.775. The maximum Gasteiger partial charge on any atom is 0.0467 e. The second-order valence-electron chi connectivity index (χ2n) is 3.63. The molecule has 0 bridgehead atoms. The molecule has 1 fully saturated rings. The van der Waals surface area contributed by atoms with Gasteiger partial charge in [-0.25, -0.2) is 0 Å². The molecular weight excluding hydrogens is 249 g/mol. The van der Waals surface area contributed by atoms with E-state index in [2.05, 4.69) is 15.9 Å². The third-order valence-corrected chi connectivity index (χ3v) is 3.52. The maximum absolute atomic E-state index is 6.18. The Balaban J connectivity index is 2.40. The number of rotatable bonds is 1. The van der Waals surface area contributed by atoms with Crippen molar-refractivity contribution in [2.24, 2.45) is 5.73 Å². The molecule has 3 heteroatoms. The number of nitrogens with two attached hydrogens (primary N) is 1. The molecule has 13 heavy (non-hydrogen) atoms. The van der Waals surface area contributed by atoms with Crippen molar-refractivity contribution >= 4 is 27.5 Å². The number of hydrogen-bond donors (Lipinski definition) is 1. The lowest BCUT2D eigenvalue weighted by Crippen LogP contribution is -2.43. The van der Waals surface area contributed by atoms with Crippen molar-refractivity contribution in [3.05, 3.63) is 33.3 Å². The van der Waals surface area contributed by atoms with Crippen LogP contribution in [0.15, 0.2) is 22.7 Å². The highest BCUT2D eigenvalue weighted by atomic mass is 79.9. The zero-order valence-electron chi connectivity index (χ0n) is 7.19. The zero-order valence-corrected chi connectivity index (χ0v) is 9.53. The molecule has 1 aliphatic rings. The molecule has 1 aromatic carbocycles. The monoisotopic (exact) mass is 259 g/mol. The van der Waals surface area contributed by atoms with Gasteiger partial charge in [-0.2, -0.15) is 0 Å². The maximum atomic E-state index is 6.18. The van der Waals surface area contributed by atoms with E-state index < -0.39 is 0 Å². The van der Waals surface area contributed by atoms with Gasteiger partial charge < -0.3 is 5.73 Å². The van der Waals surface area contributed by atoms with E-state index in [-0.39, 0.29) is 5.54 Å². The summed E-state index contributed by atoms with van der Waals surface area (Å²) in [6, 6.07) is 5.92. The first-order chi connectivity index (χ1) is 6.12. The molecule has 0 radical (unpaired) electrons. The molecule has 1 saturated carbocycles. The van der Waals surface area contributed by atoms with Gasteiger partial charge in [0.1, 0.15) is 0 Å². The lowest BCUT2D eigenvalue weighted by Gasteiger charge is -2.39. The Labute approximate surface area is 91.4 Å². The van der Waals surface area contributed by atoms with Crippen LogP contribution in [0, 0.1) is 0 Å². The summed E-state index contributed by atoms with van der Waals surface area (Å²) in [5.74, 6) is 0. The summed E-state index contributed by atoms with van der Waals surface area (Å²) in [4.78, 5) is 0. The van der Waals surface area contributed by atoms with Crippen LogP contribution < -0.4 is 5.73 Å².